The maximum Gasteiger partial charge on any atom is 0.134 e. The number of hydrogen-bond acceptors (Lipinski definition) is 1. The Balaban J connectivity index is 1.47. The molecule has 0 aliphatic rings. The zero-order chi connectivity index (χ0) is 24.8. The molecule has 0 saturated carbocycles. The lowest BCUT2D eigenvalue weighted by Crippen LogP contribution is -1.92. The summed E-state index contributed by atoms with van der Waals surface area (Å²) in [4.78, 5) is 0. The Hall–Kier alpha value is -4.88. The highest BCUT2D eigenvalue weighted by molar-refractivity contribution is 6.21. The number of rotatable bonds is 4. The van der Waals surface area contributed by atoms with Gasteiger partial charge < -0.3 is 4.42 Å². The van der Waals surface area contributed by atoms with Crippen LogP contribution in [0.4, 0.5) is 0 Å². The summed E-state index contributed by atoms with van der Waals surface area (Å²) >= 11 is 0. The smallest absolute Gasteiger partial charge is 0.134 e. The van der Waals surface area contributed by atoms with Gasteiger partial charge in [0.05, 0.1) is 0 Å². The van der Waals surface area contributed by atoms with Gasteiger partial charge in [0.1, 0.15) is 11.3 Å². The fraction of sp³-hybridized carbons (Fsp3) is 0. The quantitative estimate of drug-likeness (QED) is 0.183. The van der Waals surface area contributed by atoms with Gasteiger partial charge >= 0.3 is 0 Å². The van der Waals surface area contributed by atoms with Gasteiger partial charge in [-0.15, -0.1) is 0 Å². The van der Waals surface area contributed by atoms with E-state index in [2.05, 4.69) is 116 Å². The molecule has 6 aromatic carbocycles. The Morgan fingerprint density at radius 3 is 1.84 bits per heavy atom. The van der Waals surface area contributed by atoms with Crippen LogP contribution in [-0.4, -0.2) is 0 Å². The Morgan fingerprint density at radius 1 is 0.568 bits per heavy atom. The van der Waals surface area contributed by atoms with E-state index in [1.807, 2.05) is 24.3 Å². The number of furan rings is 1. The standard InChI is InChI=1S/C36H24O/c1-24(21-22-27-23-26-12-3-9-20-34(26)37-27)35-30-15-5-7-17-32(30)36(33-18-8-6-16-31(33)35)29-19-10-13-25-11-2-4-14-28(25)29/h2-23H,1H2/b22-21-. The van der Waals surface area contributed by atoms with E-state index in [4.69, 9.17) is 4.42 Å². The van der Waals surface area contributed by atoms with Crippen molar-refractivity contribution in [3.63, 3.8) is 0 Å². The van der Waals surface area contributed by atoms with Crippen molar-refractivity contribution in [3.8, 4) is 11.1 Å². The van der Waals surface area contributed by atoms with Crippen LogP contribution in [-0.2, 0) is 0 Å². The molecule has 0 spiro atoms. The van der Waals surface area contributed by atoms with Crippen molar-refractivity contribution in [1.29, 1.82) is 0 Å². The first kappa shape index (κ1) is 21.4. The van der Waals surface area contributed by atoms with Crippen molar-refractivity contribution in [2.45, 2.75) is 0 Å². The van der Waals surface area contributed by atoms with Crippen molar-refractivity contribution in [2.75, 3.05) is 0 Å². The first-order valence-corrected chi connectivity index (χ1v) is 12.6. The first-order valence-electron chi connectivity index (χ1n) is 12.6. The molecule has 0 fully saturated rings. The minimum absolute atomic E-state index is 0.823. The molecule has 0 N–H and O–H groups in total. The number of hydrogen-bond donors (Lipinski definition) is 0. The average Bonchev–Trinajstić information content (AvgIpc) is 3.37. The van der Waals surface area contributed by atoms with Gasteiger partial charge in [0, 0.05) is 5.39 Å². The molecule has 1 nitrogen and oxygen atoms in total. The van der Waals surface area contributed by atoms with Gasteiger partial charge in [-0.3, -0.25) is 0 Å². The molecule has 0 amide bonds. The molecule has 0 saturated heterocycles. The van der Waals surface area contributed by atoms with Crippen molar-refractivity contribution < 1.29 is 4.42 Å². The van der Waals surface area contributed by atoms with Gasteiger partial charge in [-0.2, -0.15) is 0 Å². The molecule has 1 aromatic heterocycles. The summed E-state index contributed by atoms with van der Waals surface area (Å²) in [6.07, 6.45) is 4.09. The van der Waals surface area contributed by atoms with E-state index < -0.39 is 0 Å². The lowest BCUT2D eigenvalue weighted by atomic mass is 9.85. The van der Waals surface area contributed by atoms with Crippen LogP contribution in [0.5, 0.6) is 0 Å². The van der Waals surface area contributed by atoms with Gasteiger partial charge in [0.25, 0.3) is 0 Å². The van der Waals surface area contributed by atoms with Crippen LogP contribution in [0, 0.1) is 0 Å². The number of benzene rings is 6. The summed E-state index contributed by atoms with van der Waals surface area (Å²) in [5.41, 5.74) is 5.52. The van der Waals surface area contributed by atoms with Crippen LogP contribution in [0.25, 0.3) is 66.1 Å². The summed E-state index contributed by atoms with van der Waals surface area (Å²) in [7, 11) is 0. The van der Waals surface area contributed by atoms with E-state index in [0.29, 0.717) is 0 Å². The van der Waals surface area contributed by atoms with Crippen LogP contribution in [0.15, 0.2) is 138 Å². The van der Waals surface area contributed by atoms with Crippen LogP contribution in [0.1, 0.15) is 11.3 Å². The second-order valence-corrected chi connectivity index (χ2v) is 9.41. The summed E-state index contributed by atoms with van der Waals surface area (Å²) in [6.45, 7) is 4.52. The monoisotopic (exact) mass is 472 g/mol. The molecule has 174 valence electrons. The molecule has 37 heavy (non-hydrogen) atoms. The van der Waals surface area contributed by atoms with Gasteiger partial charge in [0.2, 0.25) is 0 Å². The summed E-state index contributed by atoms with van der Waals surface area (Å²) in [5, 5.41) is 8.46. The van der Waals surface area contributed by atoms with Crippen molar-refractivity contribution in [2.24, 2.45) is 0 Å². The molecule has 0 radical (unpaired) electrons. The number of fused-ring (bicyclic) bond motifs is 4. The minimum Gasteiger partial charge on any atom is -0.457 e. The Kier molecular flexibility index (Phi) is 5.01. The Morgan fingerprint density at radius 2 is 1.14 bits per heavy atom. The van der Waals surface area contributed by atoms with Crippen LogP contribution in [0.2, 0.25) is 0 Å². The molecular formula is C36H24O. The topological polar surface area (TPSA) is 13.1 Å². The van der Waals surface area contributed by atoms with Crippen LogP contribution < -0.4 is 0 Å². The first-order chi connectivity index (χ1) is 18.3. The van der Waals surface area contributed by atoms with Gasteiger partial charge in [-0.05, 0) is 72.8 Å². The molecule has 0 atom stereocenters. The van der Waals surface area contributed by atoms with E-state index in [9.17, 15) is 0 Å². The van der Waals surface area contributed by atoms with Crippen molar-refractivity contribution >= 4 is 54.9 Å². The Bertz CT molecular complexity index is 1910. The summed E-state index contributed by atoms with van der Waals surface area (Å²) < 4.78 is 6.02. The lowest BCUT2D eigenvalue weighted by Gasteiger charge is -2.18. The third-order valence-electron chi connectivity index (χ3n) is 7.20. The van der Waals surface area contributed by atoms with E-state index >= 15 is 0 Å². The zero-order valence-electron chi connectivity index (χ0n) is 20.3. The fourth-order valence-corrected chi connectivity index (χ4v) is 5.56. The summed E-state index contributed by atoms with van der Waals surface area (Å²) in [5.74, 6) is 0.823. The van der Waals surface area contributed by atoms with Crippen LogP contribution in [0.3, 0.4) is 0 Å². The number of para-hydroxylation sites is 1. The highest BCUT2D eigenvalue weighted by atomic mass is 16.3. The number of allylic oxidation sites excluding steroid dienone is 2. The molecule has 0 aliphatic carbocycles. The molecule has 7 aromatic rings. The molecule has 0 bridgehead atoms. The lowest BCUT2D eigenvalue weighted by molar-refractivity contribution is 0.604. The molecule has 7 rings (SSSR count). The molecule has 1 heterocycles. The fourth-order valence-electron chi connectivity index (χ4n) is 5.56. The van der Waals surface area contributed by atoms with Crippen molar-refractivity contribution in [1.82, 2.24) is 0 Å². The maximum atomic E-state index is 6.02. The predicted molar refractivity (Wildman–Crippen MR) is 159 cm³/mol. The van der Waals surface area contributed by atoms with E-state index in [1.165, 1.54) is 43.4 Å². The zero-order valence-corrected chi connectivity index (χ0v) is 20.3. The van der Waals surface area contributed by atoms with Gasteiger partial charge in [0.15, 0.2) is 0 Å². The molecule has 0 unspecified atom stereocenters. The normalized spacial score (nSPS) is 11.8. The Labute approximate surface area is 215 Å². The third kappa shape index (κ3) is 3.56. The second kappa shape index (κ2) is 8.65. The SMILES string of the molecule is C=C(/C=C\c1cc2ccccc2o1)c1c2ccccc2c(-c2cccc3ccccc23)c2ccccc12. The molecule has 1 heteroatoms. The van der Waals surface area contributed by atoms with Crippen molar-refractivity contribution in [3.05, 3.63) is 145 Å². The average molecular weight is 473 g/mol. The van der Waals surface area contributed by atoms with E-state index in [1.54, 1.807) is 0 Å². The molecule has 0 aliphatic heterocycles. The third-order valence-corrected chi connectivity index (χ3v) is 7.20. The van der Waals surface area contributed by atoms with Gasteiger partial charge in [-0.25, -0.2) is 0 Å². The minimum atomic E-state index is 0.823. The summed E-state index contributed by atoms with van der Waals surface area (Å²) in [6, 6.07) is 42.7. The predicted octanol–water partition coefficient (Wildman–Crippen LogP) is 10.3. The second-order valence-electron chi connectivity index (χ2n) is 9.41. The maximum absolute atomic E-state index is 6.02. The van der Waals surface area contributed by atoms with E-state index in [0.717, 1.165) is 27.9 Å². The highest BCUT2D eigenvalue weighted by Gasteiger charge is 2.17. The molecular weight excluding hydrogens is 448 g/mol. The largest absolute Gasteiger partial charge is 0.457 e. The van der Waals surface area contributed by atoms with E-state index in [-0.39, 0.29) is 0 Å². The van der Waals surface area contributed by atoms with Gasteiger partial charge in [-0.1, -0.05) is 122 Å². The highest BCUT2D eigenvalue weighted by Crippen LogP contribution is 2.43. The van der Waals surface area contributed by atoms with Crippen LogP contribution >= 0.6 is 0 Å².